The molecule has 1 aliphatic carbocycles. The summed E-state index contributed by atoms with van der Waals surface area (Å²) in [6, 6.07) is 0.609. The second-order valence-electron chi connectivity index (χ2n) is 4.64. The average Bonchev–Trinajstić information content (AvgIpc) is 3.11. The lowest BCUT2D eigenvalue weighted by Crippen LogP contribution is -2.33. The van der Waals surface area contributed by atoms with Gasteiger partial charge in [-0.3, -0.25) is 9.69 Å². The Hall–Kier alpha value is -0.610. The number of aliphatic hydroxyl groups is 1. The minimum absolute atomic E-state index is 0.102. The highest BCUT2D eigenvalue weighted by molar-refractivity contribution is 5.71. The molecule has 0 amide bonds. The molecule has 1 rings (SSSR count). The standard InChI is InChI=1S/C13H25NO3/c1-2-17-13(16)11-14(12-7-8-12)9-5-3-4-6-10-15/h12,15H,2-11H2,1H3. The van der Waals surface area contributed by atoms with Gasteiger partial charge in [-0.2, -0.15) is 0 Å². The zero-order chi connectivity index (χ0) is 12.5. The minimum atomic E-state index is -0.102. The molecule has 100 valence electrons. The number of nitrogens with zero attached hydrogens (tertiary/aromatic N) is 1. The number of aliphatic hydroxyl groups excluding tert-OH is 1. The first-order valence-corrected chi connectivity index (χ1v) is 6.78. The Balaban J connectivity index is 2.12. The molecule has 17 heavy (non-hydrogen) atoms. The van der Waals surface area contributed by atoms with Crippen molar-refractivity contribution in [3.8, 4) is 0 Å². The number of hydrogen-bond donors (Lipinski definition) is 1. The van der Waals surface area contributed by atoms with Crippen LogP contribution >= 0.6 is 0 Å². The molecule has 1 saturated carbocycles. The molecule has 4 heteroatoms. The normalized spacial score (nSPS) is 15.2. The van der Waals surface area contributed by atoms with Crippen molar-refractivity contribution in [1.82, 2.24) is 4.90 Å². The van der Waals surface area contributed by atoms with Crippen LogP contribution in [0.25, 0.3) is 0 Å². The van der Waals surface area contributed by atoms with Crippen molar-refractivity contribution < 1.29 is 14.6 Å². The highest BCUT2D eigenvalue weighted by Gasteiger charge is 2.29. The number of unbranched alkanes of at least 4 members (excludes halogenated alkanes) is 3. The predicted molar refractivity (Wildman–Crippen MR) is 66.8 cm³/mol. The second kappa shape index (κ2) is 8.48. The van der Waals surface area contributed by atoms with Crippen LogP contribution in [0.1, 0.15) is 45.4 Å². The van der Waals surface area contributed by atoms with Crippen molar-refractivity contribution in [2.24, 2.45) is 0 Å². The lowest BCUT2D eigenvalue weighted by atomic mass is 10.2. The molecule has 0 aliphatic heterocycles. The van der Waals surface area contributed by atoms with Gasteiger partial charge in [-0.1, -0.05) is 12.8 Å². The van der Waals surface area contributed by atoms with Crippen molar-refractivity contribution in [2.75, 3.05) is 26.3 Å². The largest absolute Gasteiger partial charge is 0.465 e. The van der Waals surface area contributed by atoms with Crippen LogP contribution in [0.4, 0.5) is 0 Å². The fourth-order valence-corrected chi connectivity index (χ4v) is 1.98. The summed E-state index contributed by atoms with van der Waals surface area (Å²) in [5.41, 5.74) is 0. The maximum Gasteiger partial charge on any atom is 0.320 e. The smallest absolute Gasteiger partial charge is 0.320 e. The Bertz CT molecular complexity index is 217. The van der Waals surface area contributed by atoms with Gasteiger partial charge < -0.3 is 9.84 Å². The lowest BCUT2D eigenvalue weighted by molar-refractivity contribution is -0.144. The van der Waals surface area contributed by atoms with E-state index < -0.39 is 0 Å². The van der Waals surface area contributed by atoms with Gasteiger partial charge in [-0.15, -0.1) is 0 Å². The van der Waals surface area contributed by atoms with E-state index in [0.29, 0.717) is 19.2 Å². The Morgan fingerprint density at radius 1 is 1.29 bits per heavy atom. The van der Waals surface area contributed by atoms with Crippen molar-refractivity contribution in [3.05, 3.63) is 0 Å². The van der Waals surface area contributed by atoms with Gasteiger partial charge in [0, 0.05) is 12.6 Å². The van der Waals surface area contributed by atoms with Gasteiger partial charge in [0.2, 0.25) is 0 Å². The summed E-state index contributed by atoms with van der Waals surface area (Å²) in [6.45, 7) is 4.02. The summed E-state index contributed by atoms with van der Waals surface area (Å²) in [4.78, 5) is 13.7. The quantitative estimate of drug-likeness (QED) is 0.467. The summed E-state index contributed by atoms with van der Waals surface area (Å²) in [7, 11) is 0. The summed E-state index contributed by atoms with van der Waals surface area (Å²) >= 11 is 0. The van der Waals surface area contributed by atoms with E-state index in [1.54, 1.807) is 0 Å². The Labute approximate surface area is 104 Å². The summed E-state index contributed by atoms with van der Waals surface area (Å²) in [6.07, 6.45) is 6.64. The summed E-state index contributed by atoms with van der Waals surface area (Å²) in [5, 5.41) is 8.68. The maximum atomic E-state index is 11.4. The zero-order valence-corrected chi connectivity index (χ0v) is 10.9. The van der Waals surface area contributed by atoms with Crippen molar-refractivity contribution in [2.45, 2.75) is 51.5 Å². The Kier molecular flexibility index (Phi) is 7.21. The van der Waals surface area contributed by atoms with E-state index in [1.165, 1.54) is 12.8 Å². The van der Waals surface area contributed by atoms with Crippen molar-refractivity contribution >= 4 is 5.97 Å². The third kappa shape index (κ3) is 6.64. The van der Waals surface area contributed by atoms with Crippen LogP contribution in [0, 0.1) is 0 Å². The fraction of sp³-hybridized carbons (Fsp3) is 0.923. The topological polar surface area (TPSA) is 49.8 Å². The maximum absolute atomic E-state index is 11.4. The monoisotopic (exact) mass is 243 g/mol. The molecule has 0 aromatic rings. The fourth-order valence-electron chi connectivity index (χ4n) is 1.98. The van der Waals surface area contributed by atoms with Gasteiger partial charge in [0.25, 0.3) is 0 Å². The van der Waals surface area contributed by atoms with Crippen LogP contribution in [0.15, 0.2) is 0 Å². The molecule has 1 fully saturated rings. The van der Waals surface area contributed by atoms with Crippen molar-refractivity contribution in [1.29, 1.82) is 0 Å². The van der Waals surface area contributed by atoms with Gasteiger partial charge in [0.15, 0.2) is 0 Å². The van der Waals surface area contributed by atoms with E-state index in [9.17, 15) is 4.79 Å². The van der Waals surface area contributed by atoms with Crippen LogP contribution in [0.5, 0.6) is 0 Å². The van der Waals surface area contributed by atoms with E-state index >= 15 is 0 Å². The molecule has 0 heterocycles. The molecular weight excluding hydrogens is 218 g/mol. The third-order valence-corrected chi connectivity index (χ3v) is 3.05. The highest BCUT2D eigenvalue weighted by Crippen LogP contribution is 2.27. The molecule has 4 nitrogen and oxygen atoms in total. The van der Waals surface area contributed by atoms with E-state index in [2.05, 4.69) is 4.90 Å². The zero-order valence-electron chi connectivity index (χ0n) is 10.9. The van der Waals surface area contributed by atoms with Gasteiger partial charge in [0.1, 0.15) is 0 Å². The first kappa shape index (κ1) is 14.5. The molecule has 1 aliphatic rings. The molecular formula is C13H25NO3. The lowest BCUT2D eigenvalue weighted by Gasteiger charge is -2.20. The average molecular weight is 243 g/mol. The number of carbonyl (C=O) groups excluding carboxylic acids is 1. The highest BCUT2D eigenvalue weighted by atomic mass is 16.5. The van der Waals surface area contributed by atoms with Crippen LogP contribution in [0.3, 0.4) is 0 Å². The molecule has 0 unspecified atom stereocenters. The number of ether oxygens (including phenoxy) is 1. The van der Waals surface area contributed by atoms with Crippen LogP contribution in [-0.4, -0.2) is 48.3 Å². The van der Waals surface area contributed by atoms with Gasteiger partial charge >= 0.3 is 5.97 Å². The van der Waals surface area contributed by atoms with E-state index in [4.69, 9.17) is 9.84 Å². The Morgan fingerprint density at radius 2 is 2.00 bits per heavy atom. The number of esters is 1. The van der Waals surface area contributed by atoms with Gasteiger partial charge in [-0.05, 0) is 39.2 Å². The molecule has 0 atom stereocenters. The molecule has 0 spiro atoms. The predicted octanol–water partition coefficient (Wildman–Crippen LogP) is 1.57. The molecule has 0 saturated heterocycles. The first-order chi connectivity index (χ1) is 8.27. The molecule has 0 aromatic heterocycles. The van der Waals surface area contributed by atoms with Gasteiger partial charge in [0.05, 0.1) is 13.2 Å². The summed E-state index contributed by atoms with van der Waals surface area (Å²) in [5.74, 6) is -0.102. The number of carbonyl (C=O) groups is 1. The van der Waals surface area contributed by atoms with E-state index in [0.717, 1.165) is 32.2 Å². The SMILES string of the molecule is CCOC(=O)CN(CCCCCCO)C1CC1. The van der Waals surface area contributed by atoms with Crippen LogP contribution < -0.4 is 0 Å². The van der Waals surface area contributed by atoms with Crippen molar-refractivity contribution in [3.63, 3.8) is 0 Å². The van der Waals surface area contributed by atoms with Gasteiger partial charge in [-0.25, -0.2) is 0 Å². The second-order valence-corrected chi connectivity index (χ2v) is 4.64. The van der Waals surface area contributed by atoms with E-state index in [-0.39, 0.29) is 12.6 Å². The third-order valence-electron chi connectivity index (χ3n) is 3.05. The van der Waals surface area contributed by atoms with Crippen LogP contribution in [0.2, 0.25) is 0 Å². The molecule has 1 N–H and O–H groups in total. The number of hydrogen-bond acceptors (Lipinski definition) is 4. The van der Waals surface area contributed by atoms with E-state index in [1.807, 2.05) is 6.92 Å². The Morgan fingerprint density at radius 3 is 2.59 bits per heavy atom. The molecule has 0 radical (unpaired) electrons. The molecule has 0 aromatic carbocycles. The van der Waals surface area contributed by atoms with Crippen LogP contribution in [-0.2, 0) is 9.53 Å². The minimum Gasteiger partial charge on any atom is -0.465 e. The first-order valence-electron chi connectivity index (χ1n) is 6.78. The number of rotatable bonds is 10. The summed E-state index contributed by atoms with van der Waals surface area (Å²) < 4.78 is 4.98. The molecule has 0 bridgehead atoms.